The smallest absolute Gasteiger partial charge is 0.291 e. The predicted octanol–water partition coefficient (Wildman–Crippen LogP) is -0.698. The van der Waals surface area contributed by atoms with Gasteiger partial charge in [-0.3, -0.25) is 0 Å². The van der Waals surface area contributed by atoms with Gasteiger partial charge in [-0.05, 0) is 0 Å². The van der Waals surface area contributed by atoms with Gasteiger partial charge in [0.15, 0.2) is 0 Å². The van der Waals surface area contributed by atoms with Gasteiger partial charge in [0.2, 0.25) is 0 Å². The van der Waals surface area contributed by atoms with E-state index < -0.39 is 10.2 Å². The summed E-state index contributed by atoms with van der Waals surface area (Å²) in [4.78, 5) is 16.7. The van der Waals surface area contributed by atoms with Crippen LogP contribution < -0.4 is 0 Å². The molecule has 0 aliphatic carbocycles. The molecule has 0 fully saturated rings. The van der Waals surface area contributed by atoms with E-state index in [1.54, 1.807) is 0 Å². The fraction of sp³-hybridized carbons (Fsp3) is 0. The van der Waals surface area contributed by atoms with E-state index in [0.717, 1.165) is 0 Å². The molecule has 0 aliphatic heterocycles. The first-order valence-electron chi connectivity index (χ1n) is 1.13. The zero-order chi connectivity index (χ0) is 7.15. The minimum Gasteiger partial charge on any atom is -0.328 e. The molecule has 0 aromatic carbocycles. The van der Waals surface area contributed by atoms with Crippen molar-refractivity contribution in [3.8, 4) is 0 Å². The molecule has 0 aliphatic rings. The third kappa shape index (κ3) is 143. The molecule has 8 nitrogen and oxygen atoms in total. The van der Waals surface area contributed by atoms with E-state index in [9.17, 15) is 0 Å². The van der Waals surface area contributed by atoms with Crippen molar-refractivity contribution < 1.29 is 37.7 Å². The summed E-state index contributed by atoms with van der Waals surface area (Å²) in [6.07, 6.45) is 0. The third-order valence-electron chi connectivity index (χ3n) is 0. The van der Waals surface area contributed by atoms with Gasteiger partial charge in [0.1, 0.15) is 0 Å². The van der Waals surface area contributed by atoms with Crippen LogP contribution >= 0.6 is 0 Å². The Morgan fingerprint density at radius 3 is 1.00 bits per heavy atom. The van der Waals surface area contributed by atoms with Gasteiger partial charge in [-0.25, -0.2) is 0 Å². The summed E-state index contributed by atoms with van der Waals surface area (Å²) in [6.45, 7) is 0. The first-order valence-corrected chi connectivity index (χ1v) is 1.13. The molecule has 0 rings (SSSR count). The summed E-state index contributed by atoms with van der Waals surface area (Å²) in [5.74, 6) is 0. The van der Waals surface area contributed by atoms with Gasteiger partial charge in [-0.15, -0.1) is 20.2 Å². The van der Waals surface area contributed by atoms with Crippen LogP contribution in [-0.4, -0.2) is 20.6 Å². The van der Waals surface area contributed by atoms with Crippen molar-refractivity contribution in [2.75, 3.05) is 0 Å². The Morgan fingerprint density at radius 1 is 1.00 bits per heavy atom. The zero-order valence-corrected chi connectivity index (χ0v) is 4.88. The fourth-order valence-electron chi connectivity index (χ4n) is 0. The number of hydrogen-bond acceptors (Lipinski definition) is 4. The van der Waals surface area contributed by atoms with Crippen molar-refractivity contribution in [3.05, 3.63) is 20.2 Å². The second kappa shape index (κ2) is 10.0. The number of hydrogen-bond donors (Lipinski definition) is 2. The maximum absolute atomic E-state index is 8.36. The first-order chi connectivity index (χ1) is 3.46. The number of nitrogens with zero attached hydrogens (tertiary/aromatic N) is 2. The van der Waals surface area contributed by atoms with Crippen molar-refractivity contribution in [1.82, 2.24) is 0 Å². The van der Waals surface area contributed by atoms with Crippen LogP contribution in [-0.2, 0) is 17.1 Å². The van der Waals surface area contributed by atoms with Gasteiger partial charge < -0.3 is 10.4 Å². The first kappa shape index (κ1) is 15.7. The summed E-state index contributed by atoms with van der Waals surface area (Å²) in [7, 11) is 0. The molecule has 0 atom stereocenters. The topological polar surface area (TPSA) is 127 Å². The molecule has 0 heterocycles. The van der Waals surface area contributed by atoms with E-state index in [0.29, 0.717) is 0 Å². The molecule has 0 unspecified atom stereocenters. The van der Waals surface area contributed by atoms with E-state index in [-0.39, 0.29) is 17.1 Å². The Kier molecular flexibility index (Phi) is 17.4. The SMILES string of the molecule is O=[N+]([O-])O.O=[N+]([O-])O.[Fe]. The van der Waals surface area contributed by atoms with E-state index in [1.807, 2.05) is 0 Å². The third-order valence-corrected chi connectivity index (χ3v) is 0. The van der Waals surface area contributed by atoms with E-state index in [2.05, 4.69) is 0 Å². The minimum atomic E-state index is -1.50. The summed E-state index contributed by atoms with van der Waals surface area (Å²) in [5.41, 5.74) is 0. The molecule has 0 radical (unpaired) electrons. The summed E-state index contributed by atoms with van der Waals surface area (Å²) in [5, 5.41) is 27.3. The van der Waals surface area contributed by atoms with Gasteiger partial charge in [0.25, 0.3) is 10.2 Å². The molecule has 0 aromatic heterocycles. The van der Waals surface area contributed by atoms with Gasteiger partial charge in [0, 0.05) is 17.1 Å². The van der Waals surface area contributed by atoms with Crippen LogP contribution in [0.2, 0.25) is 0 Å². The Morgan fingerprint density at radius 2 is 1.00 bits per heavy atom. The second-order valence-corrected chi connectivity index (χ2v) is 0.476. The van der Waals surface area contributed by atoms with Crippen LogP contribution in [0, 0.1) is 20.2 Å². The maximum atomic E-state index is 8.36. The van der Waals surface area contributed by atoms with Gasteiger partial charge >= 0.3 is 0 Å². The molecule has 0 bridgehead atoms. The largest absolute Gasteiger partial charge is 0.328 e. The zero-order valence-electron chi connectivity index (χ0n) is 3.78. The Bertz CT molecular complexity index is 69.1. The average Bonchev–Trinajstić information content (AvgIpc) is 1.25. The van der Waals surface area contributed by atoms with Gasteiger partial charge in [0.05, 0.1) is 0 Å². The molecule has 0 spiro atoms. The van der Waals surface area contributed by atoms with Crippen LogP contribution in [0.15, 0.2) is 0 Å². The monoisotopic (exact) mass is 182 g/mol. The normalized spacial score (nSPS) is 5.33. The van der Waals surface area contributed by atoms with Crippen LogP contribution in [0.3, 0.4) is 0 Å². The van der Waals surface area contributed by atoms with Crippen LogP contribution in [0.25, 0.3) is 0 Å². The van der Waals surface area contributed by atoms with Crippen LogP contribution in [0.4, 0.5) is 0 Å². The summed E-state index contributed by atoms with van der Waals surface area (Å²) in [6, 6.07) is 0. The predicted molar refractivity (Wildman–Crippen MR) is 17.6 cm³/mol. The quantitative estimate of drug-likeness (QED) is 0.289. The van der Waals surface area contributed by atoms with Crippen molar-refractivity contribution >= 4 is 0 Å². The van der Waals surface area contributed by atoms with Crippen molar-refractivity contribution in [1.29, 1.82) is 0 Å². The summed E-state index contributed by atoms with van der Waals surface area (Å²) >= 11 is 0. The maximum Gasteiger partial charge on any atom is 0.291 e. The molecular formula is H2FeN2O6. The van der Waals surface area contributed by atoms with Crippen molar-refractivity contribution in [3.63, 3.8) is 0 Å². The Labute approximate surface area is 58.8 Å². The van der Waals surface area contributed by atoms with Crippen molar-refractivity contribution in [2.24, 2.45) is 0 Å². The fourth-order valence-corrected chi connectivity index (χ4v) is 0. The second-order valence-electron chi connectivity index (χ2n) is 0.476. The van der Waals surface area contributed by atoms with Crippen LogP contribution in [0.1, 0.15) is 0 Å². The Balaban J connectivity index is -0.0000000720. The van der Waals surface area contributed by atoms with E-state index in [4.69, 9.17) is 30.6 Å². The Hall–Kier alpha value is -1.08. The molecule has 0 saturated heterocycles. The van der Waals surface area contributed by atoms with E-state index >= 15 is 0 Å². The molecule has 0 amide bonds. The number of rotatable bonds is 0. The standard InChI is InChI=1S/Fe.2HNO3/c;2*2-1(3)4/h;2*(H,2,3,4). The van der Waals surface area contributed by atoms with Gasteiger partial charge in [-0.1, -0.05) is 0 Å². The molecule has 9 heteroatoms. The molecule has 9 heavy (non-hydrogen) atoms. The molecule has 0 aromatic rings. The minimum absolute atomic E-state index is 0. The molecule has 0 saturated carbocycles. The molecule has 2 N–H and O–H groups in total. The van der Waals surface area contributed by atoms with Crippen LogP contribution in [0.5, 0.6) is 0 Å². The molecular weight excluding hydrogens is 180 g/mol. The van der Waals surface area contributed by atoms with Gasteiger partial charge in [-0.2, -0.15) is 0 Å². The van der Waals surface area contributed by atoms with E-state index in [1.165, 1.54) is 0 Å². The van der Waals surface area contributed by atoms with Crippen molar-refractivity contribution in [2.45, 2.75) is 0 Å². The summed E-state index contributed by atoms with van der Waals surface area (Å²) < 4.78 is 0. The molecule has 56 valence electrons. The average molecular weight is 182 g/mol.